The number of alkyl halides is 2. The fourth-order valence-electron chi connectivity index (χ4n) is 4.31. The Bertz CT molecular complexity index is 635. The van der Waals surface area contributed by atoms with Gasteiger partial charge < -0.3 is 9.64 Å². The number of fused-ring (bicyclic) bond motifs is 1. The molecule has 0 aliphatic carbocycles. The van der Waals surface area contributed by atoms with E-state index in [4.69, 9.17) is 4.74 Å². The molecule has 3 aliphatic heterocycles. The van der Waals surface area contributed by atoms with Crippen LogP contribution in [-0.2, 0) is 16.1 Å². The number of aromatic nitrogens is 2. The van der Waals surface area contributed by atoms with Crippen molar-refractivity contribution in [3.63, 3.8) is 0 Å². The molecule has 2 fully saturated rings. The molecule has 6 nitrogen and oxygen atoms in total. The highest BCUT2D eigenvalue weighted by atomic mass is 19.3. The summed E-state index contributed by atoms with van der Waals surface area (Å²) in [4.78, 5) is 16.7. The number of hydrogen-bond donors (Lipinski definition) is 0. The van der Waals surface area contributed by atoms with E-state index in [0.717, 1.165) is 44.8 Å². The Morgan fingerprint density at radius 1 is 1.27 bits per heavy atom. The number of rotatable bonds is 3. The average molecular weight is 368 g/mol. The van der Waals surface area contributed by atoms with Crippen molar-refractivity contribution in [2.75, 3.05) is 32.8 Å². The van der Waals surface area contributed by atoms with Crippen LogP contribution in [-0.4, -0.2) is 70.3 Å². The summed E-state index contributed by atoms with van der Waals surface area (Å²) in [5, 5.41) is 4.41. The molecule has 1 atom stereocenters. The fraction of sp³-hybridized carbons (Fsp3) is 0.778. The molecule has 26 heavy (non-hydrogen) atoms. The van der Waals surface area contributed by atoms with Crippen LogP contribution >= 0.6 is 0 Å². The highest BCUT2D eigenvalue weighted by molar-refractivity contribution is 5.76. The number of piperidine rings is 1. The molecule has 144 valence electrons. The second-order valence-corrected chi connectivity index (χ2v) is 7.63. The van der Waals surface area contributed by atoms with Crippen molar-refractivity contribution in [2.24, 2.45) is 0 Å². The maximum Gasteiger partial charge on any atom is 0.251 e. The lowest BCUT2D eigenvalue weighted by molar-refractivity contribution is -0.138. The van der Waals surface area contributed by atoms with E-state index >= 15 is 0 Å². The molecule has 1 unspecified atom stereocenters. The first kappa shape index (κ1) is 17.9. The second-order valence-electron chi connectivity index (χ2n) is 7.63. The SMILES string of the molecule is O=C(CC1CN(C2CCOCC2)Cc2ccnn21)N1CCC(F)(F)CC1. The van der Waals surface area contributed by atoms with Crippen molar-refractivity contribution in [1.82, 2.24) is 19.6 Å². The van der Waals surface area contributed by atoms with Gasteiger partial charge in [-0.25, -0.2) is 8.78 Å². The molecule has 4 heterocycles. The Kier molecular flexibility index (Phi) is 4.96. The predicted octanol–water partition coefficient (Wildman–Crippen LogP) is 2.07. The highest BCUT2D eigenvalue weighted by Gasteiger charge is 2.37. The maximum atomic E-state index is 13.3. The summed E-state index contributed by atoms with van der Waals surface area (Å²) >= 11 is 0. The number of carbonyl (C=O) groups excluding carboxylic acids is 1. The van der Waals surface area contributed by atoms with Crippen LogP contribution in [0.15, 0.2) is 12.3 Å². The van der Waals surface area contributed by atoms with Gasteiger partial charge in [-0.1, -0.05) is 0 Å². The standard InChI is InChI=1S/C18H26F2N4O2/c19-18(20)4-7-22(8-5-18)17(25)11-16-13-23(14-2-9-26-10-3-14)12-15-1-6-21-24(15)16/h1,6,14,16H,2-5,7-13H2. The van der Waals surface area contributed by atoms with E-state index in [-0.39, 0.29) is 37.9 Å². The van der Waals surface area contributed by atoms with Gasteiger partial charge in [-0.2, -0.15) is 5.10 Å². The Hall–Kier alpha value is -1.54. The van der Waals surface area contributed by atoms with Crippen molar-refractivity contribution in [3.8, 4) is 0 Å². The minimum Gasteiger partial charge on any atom is -0.381 e. The lowest BCUT2D eigenvalue weighted by atomic mass is 10.0. The van der Waals surface area contributed by atoms with Crippen LogP contribution in [0.5, 0.6) is 0 Å². The van der Waals surface area contributed by atoms with Gasteiger partial charge in [0, 0.05) is 64.5 Å². The van der Waals surface area contributed by atoms with Gasteiger partial charge in [-0.05, 0) is 18.9 Å². The van der Waals surface area contributed by atoms with Gasteiger partial charge in [-0.15, -0.1) is 0 Å². The summed E-state index contributed by atoms with van der Waals surface area (Å²) in [5.41, 5.74) is 1.12. The summed E-state index contributed by atoms with van der Waals surface area (Å²) in [6.45, 7) is 3.47. The van der Waals surface area contributed by atoms with Crippen molar-refractivity contribution < 1.29 is 18.3 Å². The van der Waals surface area contributed by atoms with E-state index in [2.05, 4.69) is 10.00 Å². The van der Waals surface area contributed by atoms with Crippen molar-refractivity contribution >= 4 is 5.91 Å². The molecule has 4 rings (SSSR count). The highest BCUT2D eigenvalue weighted by Crippen LogP contribution is 2.31. The second kappa shape index (κ2) is 7.23. The molecule has 0 bridgehead atoms. The number of likely N-dealkylation sites (tertiary alicyclic amines) is 1. The molecule has 8 heteroatoms. The molecule has 1 amide bonds. The van der Waals surface area contributed by atoms with Crippen LogP contribution in [0.2, 0.25) is 0 Å². The summed E-state index contributed by atoms with van der Waals surface area (Å²) in [6.07, 6.45) is 3.66. The Morgan fingerprint density at radius 3 is 2.73 bits per heavy atom. The van der Waals surface area contributed by atoms with Crippen LogP contribution in [0.4, 0.5) is 8.78 Å². The summed E-state index contributed by atoms with van der Waals surface area (Å²) < 4.78 is 34.1. The first-order valence-corrected chi connectivity index (χ1v) is 9.52. The monoisotopic (exact) mass is 368 g/mol. The lowest BCUT2D eigenvalue weighted by Gasteiger charge is -2.40. The molecule has 0 spiro atoms. The van der Waals surface area contributed by atoms with E-state index in [9.17, 15) is 13.6 Å². The van der Waals surface area contributed by atoms with Crippen molar-refractivity contribution in [2.45, 2.75) is 56.7 Å². The topological polar surface area (TPSA) is 50.6 Å². The Labute approximate surface area is 152 Å². The third-order valence-corrected chi connectivity index (χ3v) is 5.87. The van der Waals surface area contributed by atoms with Gasteiger partial charge in [0.05, 0.1) is 18.2 Å². The van der Waals surface area contributed by atoms with E-state index in [1.165, 1.54) is 0 Å². The Morgan fingerprint density at radius 2 is 2.00 bits per heavy atom. The van der Waals surface area contributed by atoms with E-state index in [1.807, 2.05) is 10.7 Å². The van der Waals surface area contributed by atoms with Crippen molar-refractivity contribution in [1.29, 1.82) is 0 Å². The smallest absolute Gasteiger partial charge is 0.251 e. The third-order valence-electron chi connectivity index (χ3n) is 5.87. The Balaban J connectivity index is 1.42. The molecule has 1 aromatic heterocycles. The van der Waals surface area contributed by atoms with Crippen LogP contribution in [0, 0.1) is 0 Å². The summed E-state index contributed by atoms with van der Waals surface area (Å²) in [6, 6.07) is 2.44. The molecule has 1 aromatic rings. The van der Waals surface area contributed by atoms with Crippen LogP contribution in [0.3, 0.4) is 0 Å². The summed E-state index contributed by atoms with van der Waals surface area (Å²) in [7, 11) is 0. The fourth-order valence-corrected chi connectivity index (χ4v) is 4.31. The first-order valence-electron chi connectivity index (χ1n) is 9.52. The first-order chi connectivity index (χ1) is 12.5. The number of ether oxygens (including phenoxy) is 1. The number of carbonyl (C=O) groups is 1. The lowest BCUT2D eigenvalue weighted by Crippen LogP contribution is -2.48. The number of hydrogen-bond acceptors (Lipinski definition) is 4. The van der Waals surface area contributed by atoms with Gasteiger partial charge in [0.2, 0.25) is 5.91 Å². The molecule has 3 aliphatic rings. The minimum absolute atomic E-state index is 0.0356. The molecule has 0 N–H and O–H groups in total. The van der Waals surface area contributed by atoms with Gasteiger partial charge in [0.25, 0.3) is 5.92 Å². The minimum atomic E-state index is -2.63. The quantitative estimate of drug-likeness (QED) is 0.820. The maximum absolute atomic E-state index is 13.3. The van der Waals surface area contributed by atoms with Crippen LogP contribution in [0.25, 0.3) is 0 Å². The van der Waals surface area contributed by atoms with Gasteiger partial charge in [0.15, 0.2) is 0 Å². The van der Waals surface area contributed by atoms with E-state index < -0.39 is 5.92 Å². The average Bonchev–Trinajstić information content (AvgIpc) is 3.11. The molecule has 0 saturated carbocycles. The zero-order valence-electron chi connectivity index (χ0n) is 14.9. The number of amides is 1. The largest absolute Gasteiger partial charge is 0.381 e. The summed E-state index contributed by atoms with van der Waals surface area (Å²) in [5.74, 6) is -2.67. The molecule has 0 aromatic carbocycles. The molecule has 2 saturated heterocycles. The zero-order chi connectivity index (χ0) is 18.1. The van der Waals surface area contributed by atoms with E-state index in [0.29, 0.717) is 12.5 Å². The number of halogens is 2. The molecular weight excluding hydrogens is 342 g/mol. The predicted molar refractivity (Wildman–Crippen MR) is 90.9 cm³/mol. The van der Waals surface area contributed by atoms with Gasteiger partial charge in [-0.3, -0.25) is 14.4 Å². The van der Waals surface area contributed by atoms with E-state index in [1.54, 1.807) is 11.1 Å². The van der Waals surface area contributed by atoms with Crippen molar-refractivity contribution in [3.05, 3.63) is 18.0 Å². The van der Waals surface area contributed by atoms with Crippen LogP contribution in [0.1, 0.15) is 43.8 Å². The number of nitrogens with zero attached hydrogens (tertiary/aromatic N) is 4. The zero-order valence-corrected chi connectivity index (χ0v) is 14.9. The van der Waals surface area contributed by atoms with Gasteiger partial charge >= 0.3 is 0 Å². The third kappa shape index (κ3) is 3.76. The van der Waals surface area contributed by atoms with Crippen LogP contribution < -0.4 is 0 Å². The molecule has 0 radical (unpaired) electrons. The normalized spacial score (nSPS) is 27.3. The molecular formula is C18H26F2N4O2. The van der Waals surface area contributed by atoms with Gasteiger partial charge in [0.1, 0.15) is 0 Å².